The first kappa shape index (κ1) is 18.0. The number of hydrazone groups is 1. The first-order valence-corrected chi connectivity index (χ1v) is 8.70. The van der Waals surface area contributed by atoms with Gasteiger partial charge in [0.25, 0.3) is 0 Å². The number of carbonyl (C=O) groups excluding carboxylic acids is 1. The molecule has 2 N–H and O–H groups in total. The number of rotatable bonds is 6. The molecule has 2 aromatic carbocycles. The molecule has 26 heavy (non-hydrogen) atoms. The average molecular weight is 416 g/mol. The van der Waals surface area contributed by atoms with Gasteiger partial charge in [0.2, 0.25) is 5.91 Å². The van der Waals surface area contributed by atoms with Crippen molar-refractivity contribution in [2.75, 3.05) is 14.2 Å². The van der Waals surface area contributed by atoms with Crippen molar-refractivity contribution in [3.05, 3.63) is 58.2 Å². The highest BCUT2D eigenvalue weighted by atomic mass is 79.9. The summed E-state index contributed by atoms with van der Waals surface area (Å²) >= 11 is 3.42. The molecule has 0 atom stereocenters. The van der Waals surface area contributed by atoms with E-state index in [-0.39, 0.29) is 12.3 Å². The highest BCUT2D eigenvalue weighted by molar-refractivity contribution is 9.10. The zero-order valence-electron chi connectivity index (χ0n) is 14.4. The Morgan fingerprint density at radius 3 is 2.77 bits per heavy atom. The zero-order chi connectivity index (χ0) is 18.5. The molecule has 0 unspecified atom stereocenters. The molecular formula is C19H18BrN3O3. The van der Waals surface area contributed by atoms with E-state index in [4.69, 9.17) is 9.47 Å². The van der Waals surface area contributed by atoms with Gasteiger partial charge in [-0.05, 0) is 33.6 Å². The molecule has 0 aliphatic heterocycles. The van der Waals surface area contributed by atoms with Crippen molar-refractivity contribution < 1.29 is 14.3 Å². The van der Waals surface area contributed by atoms with Crippen molar-refractivity contribution in [3.8, 4) is 11.5 Å². The lowest BCUT2D eigenvalue weighted by Gasteiger charge is -2.09. The van der Waals surface area contributed by atoms with E-state index in [1.807, 2.05) is 36.5 Å². The monoisotopic (exact) mass is 415 g/mol. The van der Waals surface area contributed by atoms with Gasteiger partial charge in [-0.3, -0.25) is 4.79 Å². The molecule has 0 aliphatic rings. The number of nitrogens with zero attached hydrogens (tertiary/aromatic N) is 1. The first-order chi connectivity index (χ1) is 12.6. The lowest BCUT2D eigenvalue weighted by molar-refractivity contribution is -0.120. The molecule has 3 rings (SSSR count). The maximum Gasteiger partial charge on any atom is 0.244 e. The largest absolute Gasteiger partial charge is 0.496 e. The number of aromatic nitrogens is 1. The molecule has 0 spiro atoms. The van der Waals surface area contributed by atoms with Gasteiger partial charge in [-0.1, -0.05) is 18.2 Å². The van der Waals surface area contributed by atoms with Crippen LogP contribution in [0.2, 0.25) is 0 Å². The van der Waals surface area contributed by atoms with Crippen LogP contribution in [0.5, 0.6) is 11.5 Å². The van der Waals surface area contributed by atoms with Crippen molar-refractivity contribution in [1.82, 2.24) is 10.4 Å². The van der Waals surface area contributed by atoms with Gasteiger partial charge in [0.1, 0.15) is 11.5 Å². The molecule has 1 amide bonds. The minimum atomic E-state index is -0.197. The Bertz CT molecular complexity index is 966. The van der Waals surface area contributed by atoms with Crippen LogP contribution in [0.15, 0.2) is 52.2 Å². The Morgan fingerprint density at radius 1 is 1.23 bits per heavy atom. The second kappa shape index (κ2) is 8.05. The number of ether oxygens (including phenoxy) is 2. The van der Waals surface area contributed by atoms with E-state index in [0.717, 1.165) is 20.9 Å². The fourth-order valence-corrected chi connectivity index (χ4v) is 3.17. The third-order valence-electron chi connectivity index (χ3n) is 3.92. The SMILES string of the molecule is COc1cc(OC)c(C=NNC(=O)Cc2c[nH]c3ccccc23)cc1Br. The van der Waals surface area contributed by atoms with Crippen LogP contribution in [0.4, 0.5) is 0 Å². The summed E-state index contributed by atoms with van der Waals surface area (Å²) < 4.78 is 11.3. The van der Waals surface area contributed by atoms with E-state index < -0.39 is 0 Å². The van der Waals surface area contributed by atoms with Crippen LogP contribution in [-0.4, -0.2) is 31.3 Å². The fraction of sp³-hybridized carbons (Fsp3) is 0.158. The Labute approximate surface area is 159 Å². The van der Waals surface area contributed by atoms with Crippen molar-refractivity contribution in [2.24, 2.45) is 5.10 Å². The highest BCUT2D eigenvalue weighted by Gasteiger charge is 2.09. The molecule has 0 radical (unpaired) electrons. The van der Waals surface area contributed by atoms with Gasteiger partial charge in [0.05, 0.1) is 31.3 Å². The molecule has 1 heterocycles. The number of amides is 1. The molecule has 134 valence electrons. The molecule has 3 aromatic rings. The molecule has 7 heteroatoms. The average Bonchev–Trinajstić information content (AvgIpc) is 3.05. The van der Waals surface area contributed by atoms with E-state index in [9.17, 15) is 4.79 Å². The molecule has 0 bridgehead atoms. The minimum absolute atomic E-state index is 0.197. The Kier molecular flexibility index (Phi) is 5.58. The summed E-state index contributed by atoms with van der Waals surface area (Å²) in [5.74, 6) is 1.06. The molecule has 0 saturated heterocycles. The predicted octanol–water partition coefficient (Wildman–Crippen LogP) is 3.64. The molecule has 0 fully saturated rings. The summed E-state index contributed by atoms with van der Waals surface area (Å²) in [5.41, 5.74) is 5.20. The number of aromatic amines is 1. The van der Waals surface area contributed by atoms with Crippen LogP contribution in [0.25, 0.3) is 10.9 Å². The van der Waals surface area contributed by atoms with Crippen LogP contribution in [-0.2, 0) is 11.2 Å². The fourth-order valence-electron chi connectivity index (χ4n) is 2.65. The van der Waals surface area contributed by atoms with Crippen molar-refractivity contribution in [2.45, 2.75) is 6.42 Å². The number of fused-ring (bicyclic) bond motifs is 1. The van der Waals surface area contributed by atoms with Gasteiger partial charge in [-0.25, -0.2) is 5.43 Å². The summed E-state index contributed by atoms with van der Waals surface area (Å²) in [6.07, 6.45) is 3.62. The summed E-state index contributed by atoms with van der Waals surface area (Å²) in [6, 6.07) is 11.4. The molecular weight excluding hydrogens is 398 g/mol. The molecule has 0 aliphatic carbocycles. The number of benzene rings is 2. The van der Waals surface area contributed by atoms with E-state index in [2.05, 4.69) is 31.4 Å². The third-order valence-corrected chi connectivity index (χ3v) is 4.54. The van der Waals surface area contributed by atoms with Gasteiger partial charge >= 0.3 is 0 Å². The maximum atomic E-state index is 12.2. The Hall–Kier alpha value is -2.80. The normalized spacial score (nSPS) is 11.0. The number of halogens is 1. The second-order valence-electron chi connectivity index (χ2n) is 5.56. The summed E-state index contributed by atoms with van der Waals surface area (Å²) in [7, 11) is 3.15. The highest BCUT2D eigenvalue weighted by Crippen LogP contribution is 2.31. The van der Waals surface area contributed by atoms with E-state index in [1.165, 1.54) is 6.21 Å². The second-order valence-corrected chi connectivity index (χ2v) is 6.41. The third kappa shape index (κ3) is 3.88. The number of nitrogens with one attached hydrogen (secondary N) is 2. The Balaban J connectivity index is 1.68. The lowest BCUT2D eigenvalue weighted by atomic mass is 10.1. The van der Waals surface area contributed by atoms with Crippen molar-refractivity contribution in [1.29, 1.82) is 0 Å². The number of hydrogen-bond acceptors (Lipinski definition) is 4. The van der Waals surface area contributed by atoms with Crippen molar-refractivity contribution in [3.63, 3.8) is 0 Å². The lowest BCUT2D eigenvalue weighted by Crippen LogP contribution is -2.19. The summed E-state index contributed by atoms with van der Waals surface area (Å²) in [6.45, 7) is 0. The maximum absolute atomic E-state index is 12.2. The summed E-state index contributed by atoms with van der Waals surface area (Å²) in [5, 5.41) is 5.07. The van der Waals surface area contributed by atoms with Crippen LogP contribution in [0.1, 0.15) is 11.1 Å². The van der Waals surface area contributed by atoms with Crippen LogP contribution in [0, 0.1) is 0 Å². The number of H-pyrrole nitrogens is 1. The minimum Gasteiger partial charge on any atom is -0.496 e. The van der Waals surface area contributed by atoms with E-state index in [1.54, 1.807) is 20.3 Å². The zero-order valence-corrected chi connectivity index (χ0v) is 16.0. The number of carbonyl (C=O) groups is 1. The van der Waals surface area contributed by atoms with Crippen LogP contribution >= 0.6 is 15.9 Å². The van der Waals surface area contributed by atoms with Gasteiger partial charge in [-0.2, -0.15) is 5.10 Å². The van der Waals surface area contributed by atoms with Gasteiger partial charge < -0.3 is 14.5 Å². The van der Waals surface area contributed by atoms with E-state index >= 15 is 0 Å². The predicted molar refractivity (Wildman–Crippen MR) is 105 cm³/mol. The van der Waals surface area contributed by atoms with Crippen LogP contribution < -0.4 is 14.9 Å². The summed E-state index contributed by atoms with van der Waals surface area (Å²) in [4.78, 5) is 15.3. The molecule has 6 nitrogen and oxygen atoms in total. The molecule has 0 saturated carbocycles. The van der Waals surface area contributed by atoms with Gasteiger partial charge in [0.15, 0.2) is 0 Å². The number of methoxy groups -OCH3 is 2. The number of hydrogen-bond donors (Lipinski definition) is 2. The van der Waals surface area contributed by atoms with Crippen LogP contribution in [0.3, 0.4) is 0 Å². The smallest absolute Gasteiger partial charge is 0.244 e. The van der Waals surface area contributed by atoms with Crippen molar-refractivity contribution >= 4 is 39.0 Å². The quantitative estimate of drug-likeness (QED) is 0.476. The topological polar surface area (TPSA) is 75.7 Å². The van der Waals surface area contributed by atoms with Gasteiger partial charge in [-0.15, -0.1) is 0 Å². The van der Waals surface area contributed by atoms with Gasteiger partial charge in [0, 0.05) is 28.7 Å². The van der Waals surface area contributed by atoms with E-state index in [0.29, 0.717) is 17.1 Å². The Morgan fingerprint density at radius 2 is 2.00 bits per heavy atom. The first-order valence-electron chi connectivity index (χ1n) is 7.90. The standard InChI is InChI=1S/C19H18BrN3O3/c1-25-17-9-18(26-2)15(20)7-13(17)11-22-23-19(24)8-12-10-21-16-6-4-3-5-14(12)16/h3-7,9-11,21H,8H2,1-2H3,(H,23,24). The number of para-hydroxylation sites is 1. The molecule has 1 aromatic heterocycles.